The highest BCUT2D eigenvalue weighted by molar-refractivity contribution is 5.67. The van der Waals surface area contributed by atoms with Crippen LogP contribution in [0.5, 0.6) is 0 Å². The summed E-state index contributed by atoms with van der Waals surface area (Å²) in [6.07, 6.45) is -4.23. The maximum Gasteiger partial charge on any atom is 0.417 e. The number of methoxy groups -OCH3 is 1. The topological polar surface area (TPSA) is 46.5 Å². The zero-order valence-corrected chi connectivity index (χ0v) is 9.01. The van der Waals surface area contributed by atoms with E-state index in [1.807, 2.05) is 0 Å². The molecule has 0 bridgehead atoms. The van der Waals surface area contributed by atoms with Gasteiger partial charge in [0.2, 0.25) is 0 Å². The molecule has 0 saturated heterocycles. The Hall–Kier alpha value is -0.780. The van der Waals surface area contributed by atoms with Crippen LogP contribution in [0.4, 0.5) is 13.2 Å². The summed E-state index contributed by atoms with van der Waals surface area (Å²) in [6, 6.07) is 0. The number of aliphatic carboxylic acids is 1. The molecule has 16 heavy (non-hydrogen) atoms. The Bertz CT molecular complexity index is 255. The third-order valence-electron chi connectivity index (χ3n) is 3.28. The van der Waals surface area contributed by atoms with Crippen molar-refractivity contribution >= 4 is 5.97 Å². The molecular weight excluding hydrogens is 225 g/mol. The summed E-state index contributed by atoms with van der Waals surface area (Å²) in [5.74, 6) is -1.12. The molecule has 0 aromatic heterocycles. The van der Waals surface area contributed by atoms with E-state index in [0.717, 1.165) is 7.11 Å². The molecule has 0 amide bonds. The smallest absolute Gasteiger partial charge is 0.417 e. The number of rotatable bonds is 3. The molecule has 0 radical (unpaired) electrons. The number of carboxylic acid groups (broad SMARTS) is 1. The highest BCUT2D eigenvalue weighted by Gasteiger charge is 2.56. The Morgan fingerprint density at radius 2 is 1.94 bits per heavy atom. The first-order chi connectivity index (χ1) is 7.31. The van der Waals surface area contributed by atoms with Crippen molar-refractivity contribution in [3.05, 3.63) is 0 Å². The molecule has 0 aromatic rings. The van der Waals surface area contributed by atoms with Crippen LogP contribution in [-0.2, 0) is 9.53 Å². The summed E-state index contributed by atoms with van der Waals surface area (Å²) < 4.78 is 42.9. The minimum atomic E-state index is -4.38. The van der Waals surface area contributed by atoms with Crippen LogP contribution < -0.4 is 0 Å². The van der Waals surface area contributed by atoms with E-state index < -0.39 is 17.7 Å². The molecule has 0 spiro atoms. The van der Waals surface area contributed by atoms with Gasteiger partial charge in [-0.3, -0.25) is 4.79 Å². The van der Waals surface area contributed by atoms with Gasteiger partial charge >= 0.3 is 12.1 Å². The molecule has 0 unspecified atom stereocenters. The zero-order chi connectivity index (χ0) is 12.4. The quantitative estimate of drug-likeness (QED) is 0.824. The van der Waals surface area contributed by atoms with Crippen LogP contribution in [0.2, 0.25) is 0 Å². The van der Waals surface area contributed by atoms with Crippen molar-refractivity contribution in [3.63, 3.8) is 0 Å². The highest BCUT2D eigenvalue weighted by atomic mass is 19.4. The Labute approximate surface area is 91.6 Å². The van der Waals surface area contributed by atoms with Gasteiger partial charge in [-0.2, -0.15) is 13.2 Å². The van der Waals surface area contributed by atoms with E-state index in [1.54, 1.807) is 0 Å². The average molecular weight is 240 g/mol. The summed E-state index contributed by atoms with van der Waals surface area (Å²) in [4.78, 5) is 10.4. The van der Waals surface area contributed by atoms with E-state index in [1.165, 1.54) is 0 Å². The standard InChI is InChI=1S/C10H15F3O3/c1-16-9(10(11,12)13)4-2-7(3-5-9)6-8(14)15/h7H,2-6H2,1H3,(H,14,15). The van der Waals surface area contributed by atoms with Crippen LogP contribution >= 0.6 is 0 Å². The lowest BCUT2D eigenvalue weighted by Gasteiger charge is -2.39. The number of hydrogen-bond acceptors (Lipinski definition) is 2. The lowest BCUT2D eigenvalue weighted by atomic mass is 9.77. The fraction of sp³-hybridized carbons (Fsp3) is 0.900. The Morgan fingerprint density at radius 1 is 1.44 bits per heavy atom. The van der Waals surface area contributed by atoms with Gasteiger partial charge in [-0.15, -0.1) is 0 Å². The van der Waals surface area contributed by atoms with Crippen molar-refractivity contribution in [1.29, 1.82) is 0 Å². The lowest BCUT2D eigenvalue weighted by Crippen LogP contribution is -2.49. The van der Waals surface area contributed by atoms with Crippen molar-refractivity contribution in [2.75, 3.05) is 7.11 Å². The van der Waals surface area contributed by atoms with Crippen molar-refractivity contribution in [1.82, 2.24) is 0 Å². The molecular formula is C10H15F3O3. The van der Waals surface area contributed by atoms with Crippen molar-refractivity contribution in [2.45, 2.75) is 43.9 Å². The Morgan fingerprint density at radius 3 is 2.25 bits per heavy atom. The van der Waals surface area contributed by atoms with Gasteiger partial charge in [0.05, 0.1) is 0 Å². The number of carbonyl (C=O) groups is 1. The summed E-state index contributed by atoms with van der Waals surface area (Å²) in [7, 11) is 1.06. The summed E-state index contributed by atoms with van der Waals surface area (Å²) >= 11 is 0. The molecule has 1 fully saturated rings. The van der Waals surface area contributed by atoms with Gasteiger partial charge in [-0.05, 0) is 31.6 Å². The molecule has 3 nitrogen and oxygen atoms in total. The maximum absolute atomic E-state index is 12.7. The van der Waals surface area contributed by atoms with Gasteiger partial charge in [0.25, 0.3) is 0 Å². The molecule has 0 heterocycles. The minimum Gasteiger partial charge on any atom is -0.481 e. The van der Waals surface area contributed by atoms with E-state index in [9.17, 15) is 18.0 Å². The number of halogens is 3. The molecule has 0 atom stereocenters. The second kappa shape index (κ2) is 4.61. The van der Waals surface area contributed by atoms with Gasteiger partial charge in [-0.25, -0.2) is 0 Å². The van der Waals surface area contributed by atoms with Crippen LogP contribution in [0.3, 0.4) is 0 Å². The first-order valence-corrected chi connectivity index (χ1v) is 5.14. The second-order valence-electron chi connectivity index (χ2n) is 4.24. The number of carboxylic acids is 1. The van der Waals surface area contributed by atoms with Crippen molar-refractivity contribution in [3.8, 4) is 0 Å². The minimum absolute atomic E-state index is 0.0579. The molecule has 1 saturated carbocycles. The predicted molar refractivity (Wildman–Crippen MR) is 50.0 cm³/mol. The van der Waals surface area contributed by atoms with Gasteiger partial charge in [0.1, 0.15) is 0 Å². The van der Waals surface area contributed by atoms with Crippen molar-refractivity contribution in [2.24, 2.45) is 5.92 Å². The van der Waals surface area contributed by atoms with Gasteiger partial charge < -0.3 is 9.84 Å². The average Bonchev–Trinajstić information content (AvgIpc) is 2.16. The van der Waals surface area contributed by atoms with E-state index in [0.29, 0.717) is 0 Å². The normalized spacial score (nSPS) is 31.4. The maximum atomic E-state index is 12.7. The molecule has 0 aromatic carbocycles. The molecule has 0 aliphatic heterocycles. The second-order valence-corrected chi connectivity index (χ2v) is 4.24. The lowest BCUT2D eigenvalue weighted by molar-refractivity contribution is -0.281. The first kappa shape index (κ1) is 13.3. The SMILES string of the molecule is COC1(C(F)(F)F)CCC(CC(=O)O)CC1. The molecule has 6 heteroatoms. The summed E-state index contributed by atoms with van der Waals surface area (Å²) in [6.45, 7) is 0. The fourth-order valence-corrected chi connectivity index (χ4v) is 2.20. The van der Waals surface area contributed by atoms with Crippen molar-refractivity contribution < 1.29 is 27.8 Å². The number of hydrogen-bond donors (Lipinski definition) is 1. The molecule has 1 N–H and O–H groups in total. The number of ether oxygens (including phenoxy) is 1. The number of alkyl halides is 3. The summed E-state index contributed by atoms with van der Waals surface area (Å²) in [5.41, 5.74) is -2.07. The highest BCUT2D eigenvalue weighted by Crippen LogP contribution is 2.46. The molecule has 1 aliphatic carbocycles. The van der Waals surface area contributed by atoms with Gasteiger partial charge in [0, 0.05) is 13.5 Å². The third-order valence-corrected chi connectivity index (χ3v) is 3.28. The van der Waals surface area contributed by atoms with Crippen LogP contribution in [0, 0.1) is 5.92 Å². The predicted octanol–water partition coefficient (Wildman–Crippen LogP) is 2.60. The van der Waals surface area contributed by atoms with Gasteiger partial charge in [-0.1, -0.05) is 0 Å². The van der Waals surface area contributed by atoms with E-state index in [-0.39, 0.29) is 38.0 Å². The summed E-state index contributed by atoms with van der Waals surface area (Å²) in [5, 5.41) is 8.56. The largest absolute Gasteiger partial charge is 0.481 e. The first-order valence-electron chi connectivity index (χ1n) is 5.14. The Kier molecular flexibility index (Phi) is 3.83. The van der Waals surface area contributed by atoms with E-state index in [4.69, 9.17) is 5.11 Å². The molecule has 94 valence electrons. The fourth-order valence-electron chi connectivity index (χ4n) is 2.20. The van der Waals surface area contributed by atoms with E-state index >= 15 is 0 Å². The third kappa shape index (κ3) is 2.66. The van der Waals surface area contributed by atoms with Gasteiger partial charge in [0.15, 0.2) is 5.60 Å². The van der Waals surface area contributed by atoms with Crippen LogP contribution in [0.25, 0.3) is 0 Å². The monoisotopic (exact) mass is 240 g/mol. The van der Waals surface area contributed by atoms with Crippen LogP contribution in [0.15, 0.2) is 0 Å². The molecule has 1 aliphatic rings. The molecule has 1 rings (SSSR count). The van der Waals surface area contributed by atoms with Crippen LogP contribution in [0.1, 0.15) is 32.1 Å². The Balaban J connectivity index is 2.61. The van der Waals surface area contributed by atoms with E-state index in [2.05, 4.69) is 4.74 Å². The van der Waals surface area contributed by atoms with Crippen LogP contribution in [-0.4, -0.2) is 30.0 Å². The zero-order valence-electron chi connectivity index (χ0n) is 9.01.